The zero-order chi connectivity index (χ0) is 6.72. The maximum Gasteiger partial charge on any atom is 0.0115 e. The highest BCUT2D eigenvalue weighted by Gasteiger charge is 2.58. The second-order valence-corrected chi connectivity index (χ2v) is 6.06. The van der Waals surface area contributed by atoms with E-state index in [4.69, 9.17) is 0 Å². The summed E-state index contributed by atoms with van der Waals surface area (Å²) in [4.78, 5) is 0. The lowest BCUT2D eigenvalue weighted by Crippen LogP contribution is -2.50. The molecule has 56 valence electrons. The van der Waals surface area contributed by atoms with E-state index >= 15 is 0 Å². The fourth-order valence-corrected chi connectivity index (χ4v) is 4.66. The van der Waals surface area contributed by atoms with Gasteiger partial charge in [-0.25, -0.2) is 0 Å². The number of halogens is 1. The number of hydrogen-bond acceptors (Lipinski definition) is 0. The average molecular weight is 248 g/mol. The van der Waals surface area contributed by atoms with Crippen LogP contribution >= 0.6 is 22.6 Å². The highest BCUT2D eigenvalue weighted by Crippen LogP contribution is 2.65. The molecule has 0 nitrogen and oxygen atoms in total. The van der Waals surface area contributed by atoms with Gasteiger partial charge in [-0.3, -0.25) is 0 Å². The van der Waals surface area contributed by atoms with Crippen molar-refractivity contribution in [1.29, 1.82) is 0 Å². The number of hydrogen-bond donors (Lipinski definition) is 0. The number of rotatable bonds is 0. The van der Waals surface area contributed by atoms with Crippen molar-refractivity contribution in [2.24, 2.45) is 23.7 Å². The number of alkyl halides is 1. The SMILES string of the molecule is IC1CC2C3CCC3C2C1. The lowest BCUT2D eigenvalue weighted by Gasteiger charge is -2.57. The van der Waals surface area contributed by atoms with Gasteiger partial charge in [0.05, 0.1) is 0 Å². The molecule has 0 aromatic heterocycles. The standard InChI is InChI=1S/C9H13I/c10-5-3-8-6-1-2-7(6)9(8)4-5/h5-9H,1-4H2. The molecule has 4 atom stereocenters. The third-order valence-electron chi connectivity index (χ3n) is 4.09. The molecule has 0 aliphatic heterocycles. The summed E-state index contributed by atoms with van der Waals surface area (Å²) < 4.78 is 1.04. The van der Waals surface area contributed by atoms with Crippen LogP contribution < -0.4 is 0 Å². The van der Waals surface area contributed by atoms with Gasteiger partial charge in [-0.1, -0.05) is 22.6 Å². The molecule has 3 fully saturated rings. The molecule has 3 rings (SSSR count). The second kappa shape index (κ2) is 1.90. The van der Waals surface area contributed by atoms with Crippen LogP contribution in [0.3, 0.4) is 0 Å². The van der Waals surface area contributed by atoms with Crippen LogP contribution in [-0.2, 0) is 0 Å². The van der Waals surface area contributed by atoms with E-state index in [1.807, 2.05) is 0 Å². The molecule has 0 heterocycles. The van der Waals surface area contributed by atoms with Crippen molar-refractivity contribution >= 4 is 22.6 Å². The van der Waals surface area contributed by atoms with Gasteiger partial charge in [0, 0.05) is 3.92 Å². The molecule has 0 bridgehead atoms. The lowest BCUT2D eigenvalue weighted by molar-refractivity contribution is -0.0815. The first-order valence-corrected chi connectivity index (χ1v) is 5.75. The smallest absolute Gasteiger partial charge is 0.0115 e. The Morgan fingerprint density at radius 3 is 1.70 bits per heavy atom. The van der Waals surface area contributed by atoms with Crippen molar-refractivity contribution in [3.05, 3.63) is 0 Å². The fourth-order valence-electron chi connectivity index (χ4n) is 3.49. The molecule has 1 heteroatoms. The van der Waals surface area contributed by atoms with Crippen LogP contribution in [-0.4, -0.2) is 3.92 Å². The Labute approximate surface area is 75.9 Å². The molecule has 4 unspecified atom stereocenters. The van der Waals surface area contributed by atoms with Crippen molar-refractivity contribution < 1.29 is 0 Å². The summed E-state index contributed by atoms with van der Waals surface area (Å²) >= 11 is 2.65. The van der Waals surface area contributed by atoms with Gasteiger partial charge >= 0.3 is 0 Å². The first kappa shape index (κ1) is 6.27. The van der Waals surface area contributed by atoms with E-state index in [2.05, 4.69) is 22.6 Å². The quantitative estimate of drug-likeness (QED) is 0.456. The van der Waals surface area contributed by atoms with Crippen molar-refractivity contribution in [3.8, 4) is 0 Å². The Bertz CT molecular complexity index is 148. The molecular formula is C9H13I. The van der Waals surface area contributed by atoms with Gasteiger partial charge in [-0.2, -0.15) is 0 Å². The van der Waals surface area contributed by atoms with E-state index in [1.165, 1.54) is 23.7 Å². The summed E-state index contributed by atoms with van der Waals surface area (Å²) in [6.45, 7) is 0. The summed E-state index contributed by atoms with van der Waals surface area (Å²) in [5.74, 6) is 4.82. The zero-order valence-electron chi connectivity index (χ0n) is 6.09. The molecule has 0 spiro atoms. The van der Waals surface area contributed by atoms with Crippen molar-refractivity contribution in [1.82, 2.24) is 0 Å². The maximum atomic E-state index is 2.65. The van der Waals surface area contributed by atoms with Crippen LogP contribution in [0.1, 0.15) is 25.7 Å². The van der Waals surface area contributed by atoms with E-state index in [-0.39, 0.29) is 0 Å². The molecular weight excluding hydrogens is 235 g/mol. The number of fused-ring (bicyclic) bond motifs is 4. The third kappa shape index (κ3) is 0.590. The third-order valence-corrected chi connectivity index (χ3v) is 5.11. The van der Waals surface area contributed by atoms with Gasteiger partial charge in [0.15, 0.2) is 0 Å². The fraction of sp³-hybridized carbons (Fsp3) is 1.00. The topological polar surface area (TPSA) is 0 Å². The highest BCUT2D eigenvalue weighted by molar-refractivity contribution is 14.1. The predicted octanol–water partition coefficient (Wildman–Crippen LogP) is 2.86. The Morgan fingerprint density at radius 2 is 1.30 bits per heavy atom. The maximum absolute atomic E-state index is 2.65. The summed E-state index contributed by atoms with van der Waals surface area (Å²) in [6, 6.07) is 0. The minimum Gasteiger partial charge on any atom is -0.0826 e. The predicted molar refractivity (Wildman–Crippen MR) is 50.2 cm³/mol. The van der Waals surface area contributed by atoms with Gasteiger partial charge in [0.1, 0.15) is 0 Å². The Kier molecular flexibility index (Phi) is 1.19. The summed E-state index contributed by atoms with van der Waals surface area (Å²) in [5.41, 5.74) is 0. The minimum atomic E-state index is 1.04. The van der Waals surface area contributed by atoms with Gasteiger partial charge in [0.25, 0.3) is 0 Å². The van der Waals surface area contributed by atoms with Crippen LogP contribution in [0.15, 0.2) is 0 Å². The second-order valence-electron chi connectivity index (χ2n) is 4.30. The molecule has 3 aliphatic carbocycles. The first-order valence-electron chi connectivity index (χ1n) is 4.50. The van der Waals surface area contributed by atoms with Crippen LogP contribution in [0.25, 0.3) is 0 Å². The summed E-state index contributed by atoms with van der Waals surface area (Å²) in [5, 5.41) is 0. The normalized spacial score (nSPS) is 63.9. The van der Waals surface area contributed by atoms with Crippen LogP contribution in [0.5, 0.6) is 0 Å². The van der Waals surface area contributed by atoms with E-state index < -0.39 is 0 Å². The largest absolute Gasteiger partial charge is 0.0826 e. The molecule has 3 saturated carbocycles. The Hall–Kier alpha value is 0.730. The van der Waals surface area contributed by atoms with Gasteiger partial charge in [-0.05, 0) is 49.4 Å². The van der Waals surface area contributed by atoms with E-state index in [0.717, 1.165) is 3.92 Å². The molecule has 0 N–H and O–H groups in total. The summed E-state index contributed by atoms with van der Waals surface area (Å²) in [6.07, 6.45) is 6.28. The van der Waals surface area contributed by atoms with Gasteiger partial charge in [0.2, 0.25) is 0 Å². The van der Waals surface area contributed by atoms with Gasteiger partial charge in [-0.15, -0.1) is 0 Å². The zero-order valence-corrected chi connectivity index (χ0v) is 8.25. The lowest BCUT2D eigenvalue weighted by atomic mass is 9.48. The molecule has 10 heavy (non-hydrogen) atoms. The molecule has 0 aromatic rings. The van der Waals surface area contributed by atoms with Crippen LogP contribution in [0.4, 0.5) is 0 Å². The van der Waals surface area contributed by atoms with Gasteiger partial charge < -0.3 is 0 Å². The summed E-state index contributed by atoms with van der Waals surface area (Å²) in [7, 11) is 0. The minimum absolute atomic E-state index is 1.04. The van der Waals surface area contributed by atoms with Crippen molar-refractivity contribution in [2.75, 3.05) is 0 Å². The molecule has 0 radical (unpaired) electrons. The molecule has 3 aliphatic rings. The van der Waals surface area contributed by atoms with E-state index in [0.29, 0.717) is 0 Å². The van der Waals surface area contributed by atoms with Crippen molar-refractivity contribution in [3.63, 3.8) is 0 Å². The highest BCUT2D eigenvalue weighted by atomic mass is 127. The molecule has 0 aromatic carbocycles. The van der Waals surface area contributed by atoms with E-state index in [9.17, 15) is 0 Å². The Morgan fingerprint density at radius 1 is 0.800 bits per heavy atom. The first-order chi connectivity index (χ1) is 4.86. The molecule has 0 amide bonds. The monoisotopic (exact) mass is 248 g/mol. The Balaban J connectivity index is 1.80. The van der Waals surface area contributed by atoms with Crippen LogP contribution in [0, 0.1) is 23.7 Å². The molecule has 0 saturated heterocycles. The van der Waals surface area contributed by atoms with Crippen molar-refractivity contribution in [2.45, 2.75) is 29.6 Å². The van der Waals surface area contributed by atoms with E-state index in [1.54, 1.807) is 25.7 Å². The van der Waals surface area contributed by atoms with Crippen LogP contribution in [0.2, 0.25) is 0 Å². The average Bonchev–Trinajstić information content (AvgIpc) is 2.09.